The highest BCUT2D eigenvalue weighted by Gasteiger charge is 2.27. The van der Waals surface area contributed by atoms with Crippen LogP contribution in [-0.4, -0.2) is 66.9 Å². The van der Waals surface area contributed by atoms with E-state index in [1.807, 2.05) is 45.0 Å². The monoisotopic (exact) mass is 348 g/mol. The second-order valence-electron chi connectivity index (χ2n) is 7.62. The van der Waals surface area contributed by atoms with Gasteiger partial charge in [-0.15, -0.1) is 0 Å². The number of rotatable bonds is 2. The summed E-state index contributed by atoms with van der Waals surface area (Å²) in [6.45, 7) is 10.2. The molecule has 1 fully saturated rings. The largest absolute Gasteiger partial charge is 0.486 e. The standard InChI is InChI=1S/C19H28N2O4/c1-19(2,3)25-18(22)21-10-6-9-20(11-12-21)13-15-14-23-16-7-4-5-8-17(16)24-15/h4-5,7-8,15H,6,9-14H2,1-3H3. The fourth-order valence-electron chi connectivity index (χ4n) is 3.10. The normalized spacial score (nSPS) is 21.6. The van der Waals surface area contributed by atoms with Gasteiger partial charge in [-0.05, 0) is 39.3 Å². The van der Waals surface area contributed by atoms with Gasteiger partial charge in [0.15, 0.2) is 11.5 Å². The van der Waals surface area contributed by atoms with Crippen molar-refractivity contribution in [3.8, 4) is 11.5 Å². The summed E-state index contributed by atoms with van der Waals surface area (Å²) in [5, 5.41) is 0. The van der Waals surface area contributed by atoms with Crippen molar-refractivity contribution in [3.05, 3.63) is 24.3 Å². The van der Waals surface area contributed by atoms with Crippen LogP contribution in [0.2, 0.25) is 0 Å². The molecule has 1 amide bonds. The average Bonchev–Trinajstić information content (AvgIpc) is 2.79. The van der Waals surface area contributed by atoms with Crippen LogP contribution >= 0.6 is 0 Å². The van der Waals surface area contributed by atoms with Crippen LogP contribution in [0, 0.1) is 0 Å². The smallest absolute Gasteiger partial charge is 0.410 e. The molecule has 2 heterocycles. The van der Waals surface area contributed by atoms with Gasteiger partial charge in [0.2, 0.25) is 0 Å². The minimum absolute atomic E-state index is 0.0166. The summed E-state index contributed by atoms with van der Waals surface area (Å²) in [5.74, 6) is 1.62. The first-order chi connectivity index (χ1) is 11.9. The zero-order valence-electron chi connectivity index (χ0n) is 15.4. The van der Waals surface area contributed by atoms with Crippen molar-refractivity contribution in [2.75, 3.05) is 39.3 Å². The Bertz CT molecular complexity index is 599. The lowest BCUT2D eigenvalue weighted by molar-refractivity contribution is 0.0251. The highest BCUT2D eigenvalue weighted by molar-refractivity contribution is 5.68. The van der Waals surface area contributed by atoms with Crippen LogP contribution < -0.4 is 9.47 Å². The maximum absolute atomic E-state index is 12.2. The van der Waals surface area contributed by atoms with Gasteiger partial charge in [0.25, 0.3) is 0 Å². The molecule has 1 unspecified atom stereocenters. The van der Waals surface area contributed by atoms with Gasteiger partial charge in [-0.2, -0.15) is 0 Å². The molecule has 0 aromatic heterocycles. The average molecular weight is 348 g/mol. The van der Waals surface area contributed by atoms with Crippen LogP contribution in [0.4, 0.5) is 4.79 Å². The van der Waals surface area contributed by atoms with Crippen LogP contribution in [0.1, 0.15) is 27.2 Å². The minimum Gasteiger partial charge on any atom is -0.486 e. The Hall–Kier alpha value is -1.95. The molecule has 2 aliphatic heterocycles. The van der Waals surface area contributed by atoms with E-state index in [0.717, 1.165) is 44.1 Å². The quantitative estimate of drug-likeness (QED) is 0.823. The van der Waals surface area contributed by atoms with Gasteiger partial charge >= 0.3 is 6.09 Å². The Labute approximate surface area is 149 Å². The van der Waals surface area contributed by atoms with Crippen molar-refractivity contribution < 1.29 is 19.0 Å². The van der Waals surface area contributed by atoms with E-state index in [1.54, 1.807) is 4.90 Å². The molecule has 138 valence electrons. The van der Waals surface area contributed by atoms with E-state index >= 15 is 0 Å². The maximum Gasteiger partial charge on any atom is 0.410 e. The molecule has 1 saturated heterocycles. The topological polar surface area (TPSA) is 51.2 Å². The first-order valence-electron chi connectivity index (χ1n) is 8.99. The molecule has 25 heavy (non-hydrogen) atoms. The number of ether oxygens (including phenoxy) is 3. The van der Waals surface area contributed by atoms with Gasteiger partial charge in [-0.1, -0.05) is 12.1 Å². The Balaban J connectivity index is 1.50. The molecule has 0 radical (unpaired) electrons. The summed E-state index contributed by atoms with van der Waals surface area (Å²) in [7, 11) is 0. The van der Waals surface area contributed by atoms with E-state index in [-0.39, 0.29) is 12.2 Å². The molecular formula is C19H28N2O4. The van der Waals surface area contributed by atoms with E-state index in [1.165, 1.54) is 0 Å². The number of hydrogen-bond donors (Lipinski definition) is 0. The minimum atomic E-state index is -0.455. The molecule has 0 aliphatic carbocycles. The molecular weight excluding hydrogens is 320 g/mol. The zero-order valence-corrected chi connectivity index (χ0v) is 15.4. The molecule has 1 aromatic carbocycles. The predicted octanol–water partition coefficient (Wildman–Crippen LogP) is 2.77. The predicted molar refractivity (Wildman–Crippen MR) is 95.2 cm³/mol. The molecule has 1 aromatic rings. The lowest BCUT2D eigenvalue weighted by Crippen LogP contribution is -2.43. The van der Waals surface area contributed by atoms with Gasteiger partial charge in [0.05, 0.1) is 0 Å². The van der Waals surface area contributed by atoms with E-state index in [9.17, 15) is 4.79 Å². The molecule has 0 spiro atoms. The molecule has 0 N–H and O–H groups in total. The highest BCUT2D eigenvalue weighted by Crippen LogP contribution is 2.31. The van der Waals surface area contributed by atoms with E-state index in [2.05, 4.69) is 4.90 Å². The molecule has 3 rings (SSSR count). The third-order valence-corrected chi connectivity index (χ3v) is 4.27. The maximum atomic E-state index is 12.2. The molecule has 0 saturated carbocycles. The van der Waals surface area contributed by atoms with Gasteiger partial charge in [0.1, 0.15) is 18.3 Å². The van der Waals surface area contributed by atoms with Crippen molar-refractivity contribution >= 4 is 6.09 Å². The van der Waals surface area contributed by atoms with E-state index in [4.69, 9.17) is 14.2 Å². The fraction of sp³-hybridized carbons (Fsp3) is 0.632. The summed E-state index contributed by atoms with van der Waals surface area (Å²) in [6.07, 6.45) is 0.729. The Kier molecular flexibility index (Phi) is 5.37. The van der Waals surface area contributed by atoms with Crippen LogP contribution in [0.25, 0.3) is 0 Å². The van der Waals surface area contributed by atoms with Crippen LogP contribution in [0.15, 0.2) is 24.3 Å². The summed E-state index contributed by atoms with van der Waals surface area (Å²) >= 11 is 0. The van der Waals surface area contributed by atoms with Crippen LogP contribution in [0.3, 0.4) is 0 Å². The Morgan fingerprint density at radius 3 is 2.68 bits per heavy atom. The number of carbonyl (C=O) groups excluding carboxylic acids is 1. The first kappa shape index (κ1) is 17.9. The van der Waals surface area contributed by atoms with Crippen molar-refractivity contribution in [1.82, 2.24) is 9.80 Å². The first-order valence-corrected chi connectivity index (χ1v) is 8.99. The SMILES string of the molecule is CC(C)(C)OC(=O)N1CCCN(CC2COc3ccccc3O2)CC1. The number of carbonyl (C=O) groups is 1. The second-order valence-corrected chi connectivity index (χ2v) is 7.62. The second kappa shape index (κ2) is 7.52. The summed E-state index contributed by atoms with van der Waals surface area (Å²) < 4.78 is 17.3. The van der Waals surface area contributed by atoms with Crippen LogP contribution in [-0.2, 0) is 4.74 Å². The third-order valence-electron chi connectivity index (χ3n) is 4.27. The van der Waals surface area contributed by atoms with Gasteiger partial charge in [0, 0.05) is 32.7 Å². The van der Waals surface area contributed by atoms with Crippen LogP contribution in [0.5, 0.6) is 11.5 Å². The Morgan fingerprint density at radius 2 is 1.92 bits per heavy atom. The van der Waals surface area contributed by atoms with Gasteiger partial charge < -0.3 is 19.1 Å². The molecule has 1 atom stereocenters. The lowest BCUT2D eigenvalue weighted by Gasteiger charge is -2.31. The number of fused-ring (bicyclic) bond motifs is 1. The van der Waals surface area contributed by atoms with Crippen molar-refractivity contribution in [2.24, 2.45) is 0 Å². The molecule has 0 bridgehead atoms. The highest BCUT2D eigenvalue weighted by atomic mass is 16.6. The molecule has 6 heteroatoms. The number of para-hydroxylation sites is 2. The fourth-order valence-corrected chi connectivity index (χ4v) is 3.10. The van der Waals surface area contributed by atoms with E-state index < -0.39 is 5.60 Å². The van der Waals surface area contributed by atoms with Gasteiger partial charge in [-0.25, -0.2) is 4.79 Å². The summed E-state index contributed by atoms with van der Waals surface area (Å²) in [6, 6.07) is 7.77. The van der Waals surface area contributed by atoms with E-state index in [0.29, 0.717) is 13.2 Å². The summed E-state index contributed by atoms with van der Waals surface area (Å²) in [4.78, 5) is 16.4. The number of benzene rings is 1. The van der Waals surface area contributed by atoms with Crippen molar-refractivity contribution in [2.45, 2.75) is 38.9 Å². The number of amides is 1. The van der Waals surface area contributed by atoms with Gasteiger partial charge in [-0.3, -0.25) is 4.90 Å². The third kappa shape index (κ3) is 5.01. The molecule has 2 aliphatic rings. The zero-order chi connectivity index (χ0) is 17.9. The molecule has 6 nitrogen and oxygen atoms in total. The van der Waals surface area contributed by atoms with Crippen molar-refractivity contribution in [1.29, 1.82) is 0 Å². The number of nitrogens with zero attached hydrogens (tertiary/aromatic N) is 2. The number of hydrogen-bond acceptors (Lipinski definition) is 5. The Morgan fingerprint density at radius 1 is 1.16 bits per heavy atom. The lowest BCUT2D eigenvalue weighted by atomic mass is 10.2. The van der Waals surface area contributed by atoms with Crippen molar-refractivity contribution in [3.63, 3.8) is 0 Å². The summed E-state index contributed by atoms with van der Waals surface area (Å²) in [5.41, 5.74) is -0.455.